The van der Waals surface area contributed by atoms with Gasteiger partial charge in [-0.1, -0.05) is 12.8 Å². The number of aliphatic hydroxyl groups excluding tert-OH is 1. The molecule has 1 fully saturated rings. The van der Waals surface area contributed by atoms with Crippen LogP contribution in [0.15, 0.2) is 16.7 Å². The molecule has 0 spiro atoms. The van der Waals surface area contributed by atoms with Crippen LogP contribution in [0.25, 0.3) is 0 Å². The zero-order chi connectivity index (χ0) is 15.2. The van der Waals surface area contributed by atoms with Crippen LogP contribution in [-0.2, 0) is 0 Å². The van der Waals surface area contributed by atoms with Gasteiger partial charge in [-0.15, -0.1) is 0 Å². The molecule has 0 aromatic carbocycles. The Morgan fingerprint density at radius 3 is 2.90 bits per heavy atom. The zero-order valence-corrected chi connectivity index (χ0v) is 13.4. The SMILES string of the molecule is O=[N+]([O-])c1cnc(NCCCC2CCCCC2O)c(Br)c1. The minimum absolute atomic E-state index is 0.0299. The van der Waals surface area contributed by atoms with Gasteiger partial charge in [-0.3, -0.25) is 10.1 Å². The topological polar surface area (TPSA) is 88.3 Å². The molecule has 6 nitrogen and oxygen atoms in total. The number of hydrogen-bond acceptors (Lipinski definition) is 5. The molecule has 116 valence electrons. The molecule has 0 saturated heterocycles. The van der Waals surface area contributed by atoms with Gasteiger partial charge in [0.2, 0.25) is 0 Å². The third-order valence-corrected chi connectivity index (χ3v) is 4.56. The second-order valence-corrected chi connectivity index (χ2v) is 6.32. The maximum absolute atomic E-state index is 10.6. The summed E-state index contributed by atoms with van der Waals surface area (Å²) in [6.07, 6.45) is 7.43. The van der Waals surface area contributed by atoms with E-state index in [1.54, 1.807) is 0 Å². The number of pyridine rings is 1. The largest absolute Gasteiger partial charge is 0.393 e. The van der Waals surface area contributed by atoms with Gasteiger partial charge in [-0.2, -0.15) is 0 Å². The molecular weight excluding hydrogens is 338 g/mol. The third-order valence-electron chi connectivity index (χ3n) is 3.95. The molecule has 0 amide bonds. The van der Waals surface area contributed by atoms with Crippen molar-refractivity contribution in [2.45, 2.75) is 44.6 Å². The fourth-order valence-electron chi connectivity index (χ4n) is 2.75. The van der Waals surface area contributed by atoms with Crippen molar-refractivity contribution in [2.75, 3.05) is 11.9 Å². The monoisotopic (exact) mass is 357 g/mol. The Kier molecular flexibility index (Phi) is 5.93. The third kappa shape index (κ3) is 4.64. The van der Waals surface area contributed by atoms with E-state index < -0.39 is 4.92 Å². The van der Waals surface area contributed by atoms with Crippen LogP contribution in [0.5, 0.6) is 0 Å². The van der Waals surface area contributed by atoms with Crippen LogP contribution in [0.1, 0.15) is 38.5 Å². The molecular formula is C14H20BrN3O3. The minimum atomic E-state index is -0.466. The second kappa shape index (κ2) is 7.70. The predicted octanol–water partition coefficient (Wildman–Crippen LogP) is 3.50. The summed E-state index contributed by atoms with van der Waals surface area (Å²) in [5, 5.41) is 23.7. The van der Waals surface area contributed by atoms with Crippen LogP contribution in [0.2, 0.25) is 0 Å². The van der Waals surface area contributed by atoms with Crippen LogP contribution >= 0.6 is 15.9 Å². The van der Waals surface area contributed by atoms with E-state index in [1.807, 2.05) is 0 Å². The van der Waals surface area contributed by atoms with E-state index in [0.717, 1.165) is 38.6 Å². The fraction of sp³-hybridized carbons (Fsp3) is 0.643. The fourth-order valence-corrected chi connectivity index (χ4v) is 3.23. The van der Waals surface area contributed by atoms with E-state index in [0.29, 0.717) is 16.2 Å². The molecule has 0 radical (unpaired) electrons. The van der Waals surface area contributed by atoms with E-state index >= 15 is 0 Å². The Morgan fingerprint density at radius 1 is 1.48 bits per heavy atom. The molecule has 2 unspecified atom stereocenters. The summed E-state index contributed by atoms with van der Waals surface area (Å²) >= 11 is 3.28. The molecule has 7 heteroatoms. The maximum atomic E-state index is 10.6. The molecule has 1 aromatic rings. The van der Waals surface area contributed by atoms with Gasteiger partial charge >= 0.3 is 0 Å². The molecule has 0 aliphatic heterocycles. The van der Waals surface area contributed by atoms with Gasteiger partial charge in [0.15, 0.2) is 0 Å². The van der Waals surface area contributed by atoms with Crippen molar-refractivity contribution in [1.82, 2.24) is 4.98 Å². The Balaban J connectivity index is 1.77. The van der Waals surface area contributed by atoms with Gasteiger partial charge in [0.25, 0.3) is 5.69 Å². The van der Waals surface area contributed by atoms with Crippen molar-refractivity contribution in [3.05, 3.63) is 26.9 Å². The molecule has 1 aliphatic rings. The van der Waals surface area contributed by atoms with Crippen LogP contribution in [0.4, 0.5) is 11.5 Å². The number of nitrogens with zero attached hydrogens (tertiary/aromatic N) is 2. The Hall–Kier alpha value is -1.21. The highest BCUT2D eigenvalue weighted by Crippen LogP contribution is 2.28. The Bertz CT molecular complexity index is 498. The smallest absolute Gasteiger partial charge is 0.288 e. The lowest BCUT2D eigenvalue weighted by Crippen LogP contribution is -2.24. The summed E-state index contributed by atoms with van der Waals surface area (Å²) in [7, 11) is 0. The first kappa shape index (κ1) is 16.2. The van der Waals surface area contributed by atoms with Crippen molar-refractivity contribution < 1.29 is 10.0 Å². The normalized spacial score (nSPS) is 22.0. The van der Waals surface area contributed by atoms with E-state index in [4.69, 9.17) is 0 Å². The summed E-state index contributed by atoms with van der Waals surface area (Å²) in [4.78, 5) is 14.2. The van der Waals surface area contributed by atoms with Gasteiger partial charge in [0.1, 0.15) is 12.0 Å². The first-order chi connectivity index (χ1) is 10.1. The number of aromatic nitrogens is 1. The van der Waals surface area contributed by atoms with Crippen LogP contribution in [0, 0.1) is 16.0 Å². The Morgan fingerprint density at radius 2 is 2.24 bits per heavy atom. The van der Waals surface area contributed by atoms with Crippen molar-refractivity contribution in [1.29, 1.82) is 0 Å². The lowest BCUT2D eigenvalue weighted by atomic mass is 9.83. The van der Waals surface area contributed by atoms with Crippen molar-refractivity contribution >= 4 is 27.4 Å². The standard InChI is InChI=1S/C14H20BrN3O3/c15-12-8-11(18(20)21)9-17-14(12)16-7-3-5-10-4-1-2-6-13(10)19/h8-10,13,19H,1-7H2,(H,16,17). The van der Waals surface area contributed by atoms with Crippen LogP contribution in [-0.4, -0.2) is 27.7 Å². The highest BCUT2D eigenvalue weighted by molar-refractivity contribution is 9.10. The molecule has 1 aliphatic carbocycles. The molecule has 1 heterocycles. The summed E-state index contributed by atoms with van der Waals surface area (Å²) in [6, 6.07) is 1.44. The number of nitrogens with one attached hydrogen (secondary N) is 1. The number of aliphatic hydroxyl groups is 1. The van der Waals surface area contributed by atoms with Crippen LogP contribution < -0.4 is 5.32 Å². The van der Waals surface area contributed by atoms with Crippen molar-refractivity contribution in [2.24, 2.45) is 5.92 Å². The van der Waals surface area contributed by atoms with Gasteiger partial charge in [0.05, 0.1) is 15.5 Å². The van der Waals surface area contributed by atoms with E-state index in [-0.39, 0.29) is 11.8 Å². The van der Waals surface area contributed by atoms with E-state index in [1.165, 1.54) is 18.7 Å². The molecule has 21 heavy (non-hydrogen) atoms. The number of rotatable bonds is 6. The average Bonchev–Trinajstić information content (AvgIpc) is 2.46. The highest BCUT2D eigenvalue weighted by atomic mass is 79.9. The van der Waals surface area contributed by atoms with Crippen molar-refractivity contribution in [3.63, 3.8) is 0 Å². The van der Waals surface area contributed by atoms with Gasteiger partial charge in [-0.05, 0) is 47.5 Å². The molecule has 0 bridgehead atoms. The quantitative estimate of drug-likeness (QED) is 0.462. The molecule has 2 atom stereocenters. The van der Waals surface area contributed by atoms with Gasteiger partial charge in [0, 0.05) is 12.6 Å². The van der Waals surface area contributed by atoms with Gasteiger partial charge in [-0.25, -0.2) is 4.98 Å². The predicted molar refractivity (Wildman–Crippen MR) is 84.3 cm³/mol. The first-order valence-corrected chi connectivity index (χ1v) is 8.09. The Labute approximate surface area is 132 Å². The minimum Gasteiger partial charge on any atom is -0.393 e. The lowest BCUT2D eigenvalue weighted by molar-refractivity contribution is -0.385. The summed E-state index contributed by atoms with van der Waals surface area (Å²) in [5.41, 5.74) is -0.0299. The zero-order valence-electron chi connectivity index (χ0n) is 11.8. The lowest BCUT2D eigenvalue weighted by Gasteiger charge is -2.27. The van der Waals surface area contributed by atoms with Crippen LogP contribution in [0.3, 0.4) is 0 Å². The maximum Gasteiger partial charge on any atom is 0.288 e. The van der Waals surface area contributed by atoms with Gasteiger partial charge < -0.3 is 10.4 Å². The highest BCUT2D eigenvalue weighted by Gasteiger charge is 2.22. The molecule has 2 N–H and O–H groups in total. The van der Waals surface area contributed by atoms with E-state index in [9.17, 15) is 15.2 Å². The average molecular weight is 358 g/mol. The number of anilines is 1. The molecule has 2 rings (SSSR count). The number of halogens is 1. The first-order valence-electron chi connectivity index (χ1n) is 7.30. The molecule has 1 saturated carbocycles. The summed E-state index contributed by atoms with van der Waals surface area (Å²) < 4.78 is 0.592. The summed E-state index contributed by atoms with van der Waals surface area (Å²) in [5.74, 6) is 1.03. The van der Waals surface area contributed by atoms with E-state index in [2.05, 4.69) is 26.2 Å². The number of hydrogen-bond donors (Lipinski definition) is 2. The molecule has 1 aromatic heterocycles. The second-order valence-electron chi connectivity index (χ2n) is 5.46. The summed E-state index contributed by atoms with van der Waals surface area (Å²) in [6.45, 7) is 0.743. The van der Waals surface area contributed by atoms with Crippen molar-refractivity contribution in [3.8, 4) is 0 Å². The number of nitro groups is 1.